The van der Waals surface area contributed by atoms with E-state index in [-0.39, 0.29) is 18.2 Å². The molecule has 0 radical (unpaired) electrons. The average Bonchev–Trinajstić information content (AvgIpc) is 3.47. The zero-order chi connectivity index (χ0) is 20.5. The molecule has 0 atom stereocenters. The molecule has 0 unspecified atom stereocenters. The number of nitrogens with zero attached hydrogens (tertiary/aromatic N) is 4. The van der Waals surface area contributed by atoms with Crippen LogP contribution in [0.3, 0.4) is 0 Å². The largest absolute Gasteiger partial charge is 0.331 e. The van der Waals surface area contributed by atoms with Crippen LogP contribution >= 0.6 is 11.6 Å². The second-order valence-corrected chi connectivity index (χ2v) is 7.52. The van der Waals surface area contributed by atoms with Gasteiger partial charge < -0.3 is 4.90 Å². The fourth-order valence-corrected chi connectivity index (χ4v) is 3.55. The van der Waals surface area contributed by atoms with Crippen molar-refractivity contribution in [2.45, 2.75) is 31.9 Å². The van der Waals surface area contributed by atoms with Crippen molar-refractivity contribution in [1.82, 2.24) is 19.7 Å². The molecule has 0 N–H and O–H groups in total. The third kappa shape index (κ3) is 4.15. The van der Waals surface area contributed by atoms with Gasteiger partial charge in [-0.15, -0.1) is 0 Å². The number of benzene rings is 1. The van der Waals surface area contributed by atoms with E-state index in [1.807, 2.05) is 30.3 Å². The van der Waals surface area contributed by atoms with E-state index in [2.05, 4.69) is 10.1 Å². The average molecular weight is 417 g/mol. The summed E-state index contributed by atoms with van der Waals surface area (Å²) in [5.41, 5.74) is 2.08. The summed E-state index contributed by atoms with van der Waals surface area (Å²) >= 11 is 6.49. The number of amides is 1. The van der Waals surface area contributed by atoms with E-state index >= 15 is 0 Å². The van der Waals surface area contributed by atoms with Gasteiger partial charge in [-0.2, -0.15) is 5.10 Å². The Morgan fingerprint density at radius 3 is 2.72 bits per heavy atom. The van der Waals surface area contributed by atoms with E-state index in [0.29, 0.717) is 5.02 Å². The van der Waals surface area contributed by atoms with Gasteiger partial charge in [-0.3, -0.25) is 14.5 Å². The van der Waals surface area contributed by atoms with Gasteiger partial charge in [0.2, 0.25) is 0 Å². The Labute approximate surface area is 171 Å². The molecular formula is C21H19ClF2N4O. The van der Waals surface area contributed by atoms with Crippen molar-refractivity contribution in [3.05, 3.63) is 70.8 Å². The quantitative estimate of drug-likeness (QED) is 0.575. The summed E-state index contributed by atoms with van der Waals surface area (Å²) < 4.78 is 27.9. The van der Waals surface area contributed by atoms with Crippen molar-refractivity contribution < 1.29 is 13.6 Å². The number of carbonyl (C=O) groups excluding carboxylic acids is 1. The van der Waals surface area contributed by atoms with Crippen molar-refractivity contribution in [3.8, 4) is 11.1 Å². The van der Waals surface area contributed by atoms with Crippen LogP contribution in [0, 0.1) is 0 Å². The van der Waals surface area contributed by atoms with Gasteiger partial charge in [0.25, 0.3) is 12.3 Å². The van der Waals surface area contributed by atoms with Crippen molar-refractivity contribution in [1.29, 1.82) is 0 Å². The molecule has 1 aliphatic carbocycles. The van der Waals surface area contributed by atoms with Crippen molar-refractivity contribution in [2.24, 2.45) is 7.05 Å². The van der Waals surface area contributed by atoms with Crippen LogP contribution in [-0.2, 0) is 13.6 Å². The summed E-state index contributed by atoms with van der Waals surface area (Å²) in [6.07, 6.45) is 3.69. The van der Waals surface area contributed by atoms with Crippen LogP contribution in [0.15, 0.2) is 48.9 Å². The maximum Gasteiger partial charge on any atom is 0.282 e. The summed E-state index contributed by atoms with van der Waals surface area (Å²) in [4.78, 5) is 18.8. The highest BCUT2D eigenvalue weighted by Gasteiger charge is 2.36. The fraction of sp³-hybridized carbons (Fsp3) is 0.286. The van der Waals surface area contributed by atoms with Crippen LogP contribution in [0.25, 0.3) is 11.1 Å². The first-order valence-electron chi connectivity index (χ1n) is 9.25. The SMILES string of the molecule is Cn1cc(C(=O)N(Cc2ccc(-c3cccnc3)cc2Cl)C2CC2)c(C(F)F)n1. The van der Waals surface area contributed by atoms with E-state index in [0.717, 1.165) is 29.5 Å². The zero-order valence-corrected chi connectivity index (χ0v) is 16.5. The molecule has 8 heteroatoms. The topological polar surface area (TPSA) is 51.0 Å². The zero-order valence-electron chi connectivity index (χ0n) is 15.7. The smallest absolute Gasteiger partial charge is 0.282 e. The third-order valence-corrected chi connectivity index (χ3v) is 5.28. The van der Waals surface area contributed by atoms with Gasteiger partial charge in [0.15, 0.2) is 0 Å². The number of alkyl halides is 2. The monoisotopic (exact) mass is 416 g/mol. The minimum atomic E-state index is -2.81. The number of hydrogen-bond donors (Lipinski definition) is 0. The molecule has 1 saturated carbocycles. The Morgan fingerprint density at radius 2 is 2.10 bits per heavy atom. The standard InChI is InChI=1S/C21H19ClF2N4O/c1-27-12-17(19(26-27)20(23)24)21(29)28(16-6-7-16)11-15-5-4-13(9-18(15)22)14-3-2-8-25-10-14/h2-5,8-10,12,16,20H,6-7,11H2,1H3. The Bertz CT molecular complexity index is 1030. The predicted molar refractivity (Wildman–Crippen MR) is 106 cm³/mol. The van der Waals surface area contributed by atoms with Crippen LogP contribution in [0.5, 0.6) is 0 Å². The van der Waals surface area contributed by atoms with Crippen LogP contribution in [0.2, 0.25) is 5.02 Å². The van der Waals surface area contributed by atoms with Gasteiger partial charge in [0.1, 0.15) is 5.69 Å². The molecule has 1 aromatic carbocycles. The summed E-state index contributed by atoms with van der Waals surface area (Å²) in [5, 5.41) is 4.27. The normalized spacial score (nSPS) is 13.7. The molecule has 0 aliphatic heterocycles. The lowest BCUT2D eigenvalue weighted by molar-refractivity contribution is 0.0717. The Morgan fingerprint density at radius 1 is 1.31 bits per heavy atom. The van der Waals surface area contributed by atoms with Crippen LogP contribution in [0.4, 0.5) is 8.78 Å². The first-order valence-corrected chi connectivity index (χ1v) is 9.63. The lowest BCUT2D eigenvalue weighted by atomic mass is 10.0. The van der Waals surface area contributed by atoms with Crippen LogP contribution in [0.1, 0.15) is 40.9 Å². The summed E-state index contributed by atoms with van der Waals surface area (Å²) in [6.45, 7) is 0.257. The van der Waals surface area contributed by atoms with E-state index in [4.69, 9.17) is 11.6 Å². The molecule has 1 aliphatic rings. The highest BCUT2D eigenvalue weighted by molar-refractivity contribution is 6.31. The van der Waals surface area contributed by atoms with Gasteiger partial charge >= 0.3 is 0 Å². The fourth-order valence-electron chi connectivity index (χ4n) is 3.31. The van der Waals surface area contributed by atoms with Gasteiger partial charge in [-0.05, 0) is 36.1 Å². The number of carbonyl (C=O) groups is 1. The molecule has 2 heterocycles. The molecule has 5 nitrogen and oxygen atoms in total. The van der Waals surface area contributed by atoms with Crippen molar-refractivity contribution in [3.63, 3.8) is 0 Å². The molecule has 1 amide bonds. The van der Waals surface area contributed by atoms with Gasteiger partial charge in [-0.1, -0.05) is 29.8 Å². The maximum absolute atomic E-state index is 13.3. The number of aromatic nitrogens is 3. The van der Waals surface area contributed by atoms with E-state index in [1.54, 1.807) is 17.3 Å². The highest BCUT2D eigenvalue weighted by atomic mass is 35.5. The van der Waals surface area contributed by atoms with Gasteiger partial charge in [-0.25, -0.2) is 8.78 Å². The van der Waals surface area contributed by atoms with Crippen molar-refractivity contribution >= 4 is 17.5 Å². The Hall–Kier alpha value is -2.80. The van der Waals surface area contributed by atoms with E-state index < -0.39 is 18.0 Å². The third-order valence-electron chi connectivity index (χ3n) is 4.93. The second-order valence-electron chi connectivity index (χ2n) is 7.11. The summed E-state index contributed by atoms with van der Waals surface area (Å²) in [5.74, 6) is -0.441. The van der Waals surface area contributed by atoms with Gasteiger partial charge in [0, 0.05) is 48.8 Å². The predicted octanol–water partition coefficient (Wildman–Crippen LogP) is 4.88. The number of rotatable bonds is 6. The molecular weight excluding hydrogens is 398 g/mol. The minimum Gasteiger partial charge on any atom is -0.331 e. The highest BCUT2D eigenvalue weighted by Crippen LogP contribution is 2.34. The molecule has 4 rings (SSSR count). The number of halogens is 3. The number of pyridine rings is 1. The molecule has 1 fully saturated rings. The lowest BCUT2D eigenvalue weighted by Crippen LogP contribution is -2.33. The molecule has 150 valence electrons. The lowest BCUT2D eigenvalue weighted by Gasteiger charge is -2.23. The van der Waals surface area contributed by atoms with Crippen LogP contribution in [-0.4, -0.2) is 31.6 Å². The summed E-state index contributed by atoms with van der Waals surface area (Å²) in [7, 11) is 1.53. The first-order chi connectivity index (χ1) is 13.9. The molecule has 29 heavy (non-hydrogen) atoms. The molecule has 0 bridgehead atoms. The minimum absolute atomic E-state index is 0.0299. The summed E-state index contributed by atoms with van der Waals surface area (Å²) in [6, 6.07) is 9.43. The number of hydrogen-bond acceptors (Lipinski definition) is 3. The van der Waals surface area contributed by atoms with E-state index in [9.17, 15) is 13.6 Å². The Balaban J connectivity index is 1.60. The first kappa shape index (κ1) is 19.5. The molecule has 3 aromatic rings. The van der Waals surface area contributed by atoms with E-state index in [1.165, 1.54) is 17.9 Å². The second kappa shape index (κ2) is 7.91. The number of aryl methyl sites for hydroxylation is 1. The Kier molecular flexibility index (Phi) is 5.32. The maximum atomic E-state index is 13.3. The molecule has 2 aromatic heterocycles. The van der Waals surface area contributed by atoms with Crippen LogP contribution < -0.4 is 0 Å². The molecule has 0 spiro atoms. The van der Waals surface area contributed by atoms with Crippen molar-refractivity contribution in [2.75, 3.05) is 0 Å². The van der Waals surface area contributed by atoms with Gasteiger partial charge in [0.05, 0.1) is 5.56 Å². The molecule has 0 saturated heterocycles.